The van der Waals surface area contributed by atoms with Crippen LogP contribution >= 0.6 is 0 Å². The molecule has 2 aromatic carbocycles. The number of carbonyl (C=O) groups excluding carboxylic acids is 1. The number of amides is 1. The number of carboxylic acid groups (broad SMARTS) is 1. The van der Waals surface area contributed by atoms with Crippen LogP contribution in [0.5, 0.6) is 5.75 Å². The maximum atomic E-state index is 12.5. The second-order valence-electron chi connectivity index (χ2n) is 6.96. The van der Waals surface area contributed by atoms with Gasteiger partial charge >= 0.3 is 5.97 Å². The number of ether oxygens (including phenoxy) is 2. The number of hydrogen-bond acceptors (Lipinski definition) is 5. The monoisotopic (exact) mass is 411 g/mol. The molecule has 30 heavy (non-hydrogen) atoms. The third-order valence-electron chi connectivity index (χ3n) is 4.67. The molecule has 0 aliphatic heterocycles. The zero-order chi connectivity index (χ0) is 21.5. The molecule has 0 bridgehead atoms. The molecule has 0 saturated heterocycles. The largest absolute Gasteiger partial charge is 0.497 e. The van der Waals surface area contributed by atoms with Gasteiger partial charge in [0.2, 0.25) is 0 Å². The normalized spacial score (nSPS) is 11.9. The van der Waals surface area contributed by atoms with E-state index in [1.165, 1.54) is 5.56 Å². The fourth-order valence-electron chi connectivity index (χ4n) is 3.05. The van der Waals surface area contributed by atoms with Crippen LogP contribution in [0.4, 0.5) is 0 Å². The molecule has 0 fully saturated rings. The van der Waals surface area contributed by atoms with Crippen molar-refractivity contribution in [2.24, 2.45) is 0 Å². The van der Waals surface area contributed by atoms with Crippen molar-refractivity contribution in [3.63, 3.8) is 0 Å². The lowest BCUT2D eigenvalue weighted by Gasteiger charge is -2.14. The van der Waals surface area contributed by atoms with E-state index in [1.807, 2.05) is 24.3 Å². The van der Waals surface area contributed by atoms with Crippen molar-refractivity contribution in [3.05, 3.63) is 65.4 Å². The van der Waals surface area contributed by atoms with Crippen LogP contribution in [-0.4, -0.2) is 36.7 Å². The summed E-state index contributed by atoms with van der Waals surface area (Å²) in [5, 5.41) is 12.6. The third kappa shape index (κ3) is 5.39. The number of aliphatic carboxylic acids is 1. The molecule has 0 aliphatic rings. The molecular weight excluding hydrogens is 386 g/mol. The first-order chi connectivity index (χ1) is 14.5. The number of hydrogen-bond donors (Lipinski definition) is 2. The molecule has 7 nitrogen and oxygen atoms in total. The molecule has 3 rings (SSSR count). The first kappa shape index (κ1) is 21.4. The van der Waals surface area contributed by atoms with Gasteiger partial charge in [-0.1, -0.05) is 37.6 Å². The van der Waals surface area contributed by atoms with E-state index < -0.39 is 17.9 Å². The average molecular weight is 411 g/mol. The number of nitrogens with one attached hydrogen (secondary N) is 1. The Labute approximate surface area is 174 Å². The van der Waals surface area contributed by atoms with Gasteiger partial charge in [0, 0.05) is 5.39 Å². The summed E-state index contributed by atoms with van der Waals surface area (Å²) in [5.41, 5.74) is 2.70. The van der Waals surface area contributed by atoms with Crippen molar-refractivity contribution >= 4 is 22.8 Å². The lowest BCUT2D eigenvalue weighted by atomic mass is 10.1. The molecule has 1 atom stereocenters. The first-order valence-corrected chi connectivity index (χ1v) is 9.77. The highest BCUT2D eigenvalue weighted by molar-refractivity contribution is 5.98. The number of carbonyl (C=O) groups is 2. The number of aryl methyl sites for hydroxylation is 1. The zero-order valence-electron chi connectivity index (χ0n) is 17.0. The summed E-state index contributed by atoms with van der Waals surface area (Å²) in [7, 11) is 1.55. The summed E-state index contributed by atoms with van der Waals surface area (Å²) in [6.07, 6.45) is 2.09. The Balaban J connectivity index is 1.58. The molecule has 1 heterocycles. The van der Waals surface area contributed by atoms with Crippen molar-refractivity contribution in [2.45, 2.75) is 32.4 Å². The predicted molar refractivity (Wildman–Crippen MR) is 112 cm³/mol. The highest BCUT2D eigenvalue weighted by Crippen LogP contribution is 2.24. The van der Waals surface area contributed by atoms with E-state index in [0.29, 0.717) is 16.7 Å². The lowest BCUT2D eigenvalue weighted by molar-refractivity contribution is -0.141. The van der Waals surface area contributed by atoms with Gasteiger partial charge in [-0.05, 0) is 41.8 Å². The Morgan fingerprint density at radius 1 is 1.10 bits per heavy atom. The van der Waals surface area contributed by atoms with Gasteiger partial charge in [0.1, 0.15) is 11.3 Å². The molecular formula is C23H25NO6. The number of fused-ring (bicyclic) bond motifs is 1. The lowest BCUT2D eigenvalue weighted by Crippen LogP contribution is -2.43. The van der Waals surface area contributed by atoms with E-state index >= 15 is 0 Å². The van der Waals surface area contributed by atoms with Crippen LogP contribution in [0.1, 0.15) is 35.0 Å². The number of furan rings is 1. The van der Waals surface area contributed by atoms with Crippen LogP contribution in [-0.2, 0) is 22.6 Å². The quantitative estimate of drug-likeness (QED) is 0.527. The molecule has 3 aromatic rings. The Kier molecular flexibility index (Phi) is 7.08. The summed E-state index contributed by atoms with van der Waals surface area (Å²) < 4.78 is 16.2. The van der Waals surface area contributed by atoms with Crippen molar-refractivity contribution in [3.8, 4) is 5.75 Å². The zero-order valence-corrected chi connectivity index (χ0v) is 17.0. The summed E-state index contributed by atoms with van der Waals surface area (Å²) in [6, 6.07) is 13.5. The van der Waals surface area contributed by atoms with Gasteiger partial charge in [0.05, 0.1) is 20.3 Å². The number of methoxy groups -OCH3 is 1. The topological polar surface area (TPSA) is 98.0 Å². The van der Waals surface area contributed by atoms with Crippen molar-refractivity contribution in [1.82, 2.24) is 5.32 Å². The van der Waals surface area contributed by atoms with Gasteiger partial charge in [-0.2, -0.15) is 0 Å². The van der Waals surface area contributed by atoms with Gasteiger partial charge in [0.25, 0.3) is 5.91 Å². The molecule has 1 unspecified atom stereocenters. The summed E-state index contributed by atoms with van der Waals surface area (Å²) in [6.45, 7) is 2.22. The average Bonchev–Trinajstić information content (AvgIpc) is 3.17. The molecule has 0 spiro atoms. The highest BCUT2D eigenvalue weighted by Gasteiger charge is 2.23. The minimum atomic E-state index is -1.19. The van der Waals surface area contributed by atoms with Crippen LogP contribution in [0.15, 0.2) is 52.9 Å². The summed E-state index contributed by atoms with van der Waals surface area (Å²) in [4.78, 5) is 24.0. The molecule has 1 aromatic heterocycles. The Bertz CT molecular complexity index is 1010. The Hall–Kier alpha value is -3.32. The predicted octanol–water partition coefficient (Wildman–Crippen LogP) is 3.79. The standard InChI is InChI=1S/C23H25NO6/c1-3-4-15-5-7-16(8-6-15)13-29-14-19(23(26)27)24-22(25)21-12-17-11-18(28-2)9-10-20(17)30-21/h5-12,19H,3-4,13-14H2,1-2H3,(H,24,25)(H,26,27). The van der Waals surface area contributed by atoms with Gasteiger partial charge in [-0.15, -0.1) is 0 Å². The van der Waals surface area contributed by atoms with E-state index in [1.54, 1.807) is 31.4 Å². The maximum absolute atomic E-state index is 12.5. The fourth-order valence-corrected chi connectivity index (χ4v) is 3.05. The maximum Gasteiger partial charge on any atom is 0.328 e. The Morgan fingerprint density at radius 3 is 2.50 bits per heavy atom. The van der Waals surface area contributed by atoms with Gasteiger partial charge in [-0.25, -0.2) is 4.79 Å². The molecule has 7 heteroatoms. The van der Waals surface area contributed by atoms with Crippen molar-refractivity contribution in [1.29, 1.82) is 0 Å². The fraction of sp³-hybridized carbons (Fsp3) is 0.304. The first-order valence-electron chi connectivity index (χ1n) is 9.77. The Morgan fingerprint density at radius 2 is 1.83 bits per heavy atom. The van der Waals surface area contributed by atoms with E-state index in [2.05, 4.69) is 12.2 Å². The minimum Gasteiger partial charge on any atom is -0.497 e. The van der Waals surface area contributed by atoms with Crippen LogP contribution in [0.2, 0.25) is 0 Å². The molecule has 0 aliphatic carbocycles. The van der Waals surface area contributed by atoms with Gasteiger partial charge < -0.3 is 24.3 Å². The molecule has 1 amide bonds. The van der Waals surface area contributed by atoms with Gasteiger partial charge in [0.15, 0.2) is 11.8 Å². The number of carboxylic acids is 1. The molecule has 0 radical (unpaired) electrons. The summed E-state index contributed by atoms with van der Waals surface area (Å²) >= 11 is 0. The SMILES string of the molecule is CCCc1ccc(COCC(NC(=O)c2cc3cc(OC)ccc3o2)C(=O)O)cc1. The second kappa shape index (κ2) is 9.93. The van der Waals surface area contributed by atoms with E-state index in [-0.39, 0.29) is 19.0 Å². The third-order valence-corrected chi connectivity index (χ3v) is 4.67. The van der Waals surface area contributed by atoms with Crippen LogP contribution in [0.3, 0.4) is 0 Å². The highest BCUT2D eigenvalue weighted by atomic mass is 16.5. The number of benzene rings is 2. The van der Waals surface area contributed by atoms with Crippen LogP contribution in [0.25, 0.3) is 11.0 Å². The van der Waals surface area contributed by atoms with E-state index in [9.17, 15) is 14.7 Å². The van der Waals surface area contributed by atoms with Crippen molar-refractivity contribution in [2.75, 3.05) is 13.7 Å². The molecule has 0 saturated carbocycles. The van der Waals surface area contributed by atoms with Gasteiger partial charge in [-0.3, -0.25) is 4.79 Å². The molecule has 2 N–H and O–H groups in total. The van der Waals surface area contributed by atoms with Crippen LogP contribution in [0, 0.1) is 0 Å². The molecule has 158 valence electrons. The number of rotatable bonds is 10. The smallest absolute Gasteiger partial charge is 0.328 e. The minimum absolute atomic E-state index is 0.0241. The second-order valence-corrected chi connectivity index (χ2v) is 6.96. The van der Waals surface area contributed by atoms with E-state index in [0.717, 1.165) is 18.4 Å². The van der Waals surface area contributed by atoms with Crippen LogP contribution < -0.4 is 10.1 Å². The van der Waals surface area contributed by atoms with E-state index in [4.69, 9.17) is 13.9 Å². The summed E-state index contributed by atoms with van der Waals surface area (Å²) in [5.74, 6) is -1.14. The van der Waals surface area contributed by atoms with Crippen molar-refractivity contribution < 1.29 is 28.6 Å².